The van der Waals surface area contributed by atoms with Crippen molar-refractivity contribution in [2.45, 2.75) is 51.4 Å². The normalized spacial score (nSPS) is 22.4. The second kappa shape index (κ2) is 11.3. The van der Waals surface area contributed by atoms with Crippen LogP contribution in [-0.2, 0) is 15.6 Å². The second-order valence-electron chi connectivity index (χ2n) is 12.5. The zero-order chi connectivity index (χ0) is 32.0. The number of benzene rings is 2. The van der Waals surface area contributed by atoms with Crippen molar-refractivity contribution in [3.05, 3.63) is 130 Å². The number of hydrogen-bond donors (Lipinski definition) is 2. The number of hydrogen-bond acceptors (Lipinski definition) is 5. The molecule has 2 aromatic carbocycles. The predicted octanol–water partition coefficient (Wildman–Crippen LogP) is 7.33. The first-order valence-electron chi connectivity index (χ1n) is 14.7. The van der Waals surface area contributed by atoms with Crippen LogP contribution in [0.15, 0.2) is 108 Å². The lowest BCUT2D eigenvalue weighted by atomic mass is 9.83. The molecular formula is C37H38N2O5. The summed E-state index contributed by atoms with van der Waals surface area (Å²) in [5.41, 5.74) is 7.39. The summed E-state index contributed by atoms with van der Waals surface area (Å²) in [6.45, 7) is 8.33. The third-order valence-corrected chi connectivity index (χ3v) is 9.13. The van der Waals surface area contributed by atoms with Crippen molar-refractivity contribution in [3.63, 3.8) is 0 Å². The summed E-state index contributed by atoms with van der Waals surface area (Å²) in [4.78, 5) is 40.2. The van der Waals surface area contributed by atoms with E-state index in [9.17, 15) is 24.6 Å². The van der Waals surface area contributed by atoms with Gasteiger partial charge in [0.1, 0.15) is 0 Å². The number of ketones is 1. The van der Waals surface area contributed by atoms with E-state index in [-0.39, 0.29) is 27.7 Å². The molecule has 1 saturated carbocycles. The highest BCUT2D eigenvalue weighted by Crippen LogP contribution is 2.48. The first-order valence-corrected chi connectivity index (χ1v) is 14.7. The maximum atomic E-state index is 13.0. The molecule has 0 spiro atoms. The molecule has 5 rings (SSSR count). The van der Waals surface area contributed by atoms with Crippen molar-refractivity contribution in [1.82, 2.24) is 0 Å². The number of carboxylic acid groups (broad SMARTS) is 2. The summed E-state index contributed by atoms with van der Waals surface area (Å²) in [7, 11) is 3.96. The number of carboxylic acids is 2. The lowest BCUT2D eigenvalue weighted by Crippen LogP contribution is -2.22. The van der Waals surface area contributed by atoms with Gasteiger partial charge in [0, 0.05) is 58.8 Å². The van der Waals surface area contributed by atoms with E-state index in [1.807, 2.05) is 74.8 Å². The summed E-state index contributed by atoms with van der Waals surface area (Å²) in [6, 6.07) is 10.5. The number of fused-ring (bicyclic) bond motifs is 2. The molecule has 0 radical (unpaired) electrons. The third-order valence-electron chi connectivity index (χ3n) is 9.13. The highest BCUT2D eigenvalue weighted by molar-refractivity contribution is 6.11. The molecule has 0 bridgehead atoms. The minimum atomic E-state index is -0.939. The fourth-order valence-corrected chi connectivity index (χ4v) is 6.60. The molecule has 3 aliphatic rings. The Labute approximate surface area is 258 Å². The van der Waals surface area contributed by atoms with Gasteiger partial charge in [-0.05, 0) is 72.5 Å². The van der Waals surface area contributed by atoms with Gasteiger partial charge in [-0.25, -0.2) is 9.59 Å². The van der Waals surface area contributed by atoms with Crippen molar-refractivity contribution >= 4 is 29.1 Å². The third kappa shape index (κ3) is 5.23. The van der Waals surface area contributed by atoms with Crippen LogP contribution in [0.25, 0.3) is 0 Å². The van der Waals surface area contributed by atoms with Gasteiger partial charge in [0.15, 0.2) is 5.78 Å². The number of nitrogens with zero attached hydrogens (tertiary/aromatic N) is 2. The minimum Gasteiger partial charge on any atom is -0.478 e. The van der Waals surface area contributed by atoms with Crippen LogP contribution in [0.3, 0.4) is 0 Å². The summed E-state index contributed by atoms with van der Waals surface area (Å²) in [5.74, 6) is -1.82. The van der Waals surface area contributed by atoms with Gasteiger partial charge in [-0.2, -0.15) is 0 Å². The van der Waals surface area contributed by atoms with Crippen molar-refractivity contribution in [3.8, 4) is 0 Å². The Bertz CT molecular complexity index is 1640. The molecule has 226 valence electrons. The van der Waals surface area contributed by atoms with E-state index < -0.39 is 11.9 Å². The number of anilines is 2. The molecule has 0 atom stereocenters. The quantitative estimate of drug-likeness (QED) is 0.340. The standard InChI is InChI=1S/C37H38N2O5/c1-36(2)27-21-25(34(41)42)17-19-29(27)38(5)31(36)13-9-7-11-23-15-16-24(33(23)40)12-8-10-14-32-37(3,4)28-22-26(35(43)44)18-20-30(28)39(32)6/h7-14,17-22H,15-16H2,1-6H3,(H,41,42)(H,43,44)/b9-7+,10-8+,23-11+,24-12+,31-13+,32-14+. The van der Waals surface area contributed by atoms with E-state index in [0.29, 0.717) is 12.8 Å². The molecule has 1 aliphatic carbocycles. The number of rotatable bonds is 6. The first-order chi connectivity index (χ1) is 20.7. The molecule has 1 fully saturated rings. The molecule has 7 heteroatoms. The average Bonchev–Trinajstić information content (AvgIpc) is 3.49. The van der Waals surface area contributed by atoms with Crippen LogP contribution < -0.4 is 9.80 Å². The van der Waals surface area contributed by atoms with Gasteiger partial charge in [0.25, 0.3) is 0 Å². The number of Topliss-reactive ketones (excluding diaryl/α,β-unsaturated/α-hetero) is 1. The molecule has 2 N–H and O–H groups in total. The molecule has 44 heavy (non-hydrogen) atoms. The molecule has 0 aromatic heterocycles. The van der Waals surface area contributed by atoms with E-state index in [4.69, 9.17) is 0 Å². The molecule has 2 heterocycles. The van der Waals surface area contributed by atoms with E-state index in [2.05, 4.69) is 37.5 Å². The zero-order valence-electron chi connectivity index (χ0n) is 26.0. The van der Waals surface area contributed by atoms with Gasteiger partial charge in [0.2, 0.25) is 0 Å². The molecule has 2 aromatic rings. The van der Waals surface area contributed by atoms with Gasteiger partial charge < -0.3 is 20.0 Å². The van der Waals surface area contributed by atoms with Crippen LogP contribution in [0.4, 0.5) is 11.4 Å². The summed E-state index contributed by atoms with van der Waals surface area (Å²) in [6.07, 6.45) is 16.8. The number of carbonyl (C=O) groups excluding carboxylic acids is 1. The van der Waals surface area contributed by atoms with Gasteiger partial charge >= 0.3 is 11.9 Å². The van der Waals surface area contributed by atoms with Crippen molar-refractivity contribution < 1.29 is 24.6 Å². The summed E-state index contributed by atoms with van der Waals surface area (Å²) < 4.78 is 0. The van der Waals surface area contributed by atoms with Crippen LogP contribution in [0.2, 0.25) is 0 Å². The van der Waals surface area contributed by atoms with Crippen LogP contribution in [0, 0.1) is 0 Å². The average molecular weight is 591 g/mol. The highest BCUT2D eigenvalue weighted by atomic mass is 16.4. The van der Waals surface area contributed by atoms with Crippen LogP contribution >= 0.6 is 0 Å². The molecular weight excluding hydrogens is 552 g/mol. The van der Waals surface area contributed by atoms with Crippen LogP contribution in [-0.4, -0.2) is 42.0 Å². The maximum absolute atomic E-state index is 13.0. The number of carbonyl (C=O) groups is 3. The van der Waals surface area contributed by atoms with E-state index >= 15 is 0 Å². The first kappa shape index (κ1) is 30.5. The van der Waals surface area contributed by atoms with E-state index in [1.54, 1.807) is 24.3 Å². The minimum absolute atomic E-state index is 0.0541. The lowest BCUT2D eigenvalue weighted by molar-refractivity contribution is -0.111. The van der Waals surface area contributed by atoms with Crippen LogP contribution in [0.1, 0.15) is 72.4 Å². The van der Waals surface area contributed by atoms with Crippen LogP contribution in [0.5, 0.6) is 0 Å². The van der Waals surface area contributed by atoms with Gasteiger partial charge in [-0.1, -0.05) is 64.2 Å². The van der Waals surface area contributed by atoms with Gasteiger partial charge in [-0.3, -0.25) is 4.79 Å². The Morgan fingerprint density at radius 3 is 1.39 bits per heavy atom. The molecule has 0 amide bonds. The maximum Gasteiger partial charge on any atom is 0.335 e. The Morgan fingerprint density at radius 1 is 0.659 bits per heavy atom. The largest absolute Gasteiger partial charge is 0.478 e. The van der Waals surface area contributed by atoms with Gasteiger partial charge in [0.05, 0.1) is 11.1 Å². The highest BCUT2D eigenvalue weighted by Gasteiger charge is 2.39. The lowest BCUT2D eigenvalue weighted by Gasteiger charge is -2.23. The fraction of sp³-hybridized carbons (Fsp3) is 0.270. The SMILES string of the molecule is CN1/C(=C/C=C/C=C2\CC\C(=C/C=C/C=C3/N(C)c4ccc(C(=O)O)cc4C3(C)C)C2=O)C(C)(C)c2cc(C(=O)O)ccc21. The van der Waals surface area contributed by atoms with E-state index in [1.165, 1.54) is 0 Å². The fourth-order valence-electron chi connectivity index (χ4n) is 6.60. The molecule has 7 nitrogen and oxygen atoms in total. The monoisotopic (exact) mass is 590 g/mol. The summed E-state index contributed by atoms with van der Waals surface area (Å²) >= 11 is 0. The molecule has 0 saturated heterocycles. The molecule has 0 unspecified atom stereocenters. The van der Waals surface area contributed by atoms with E-state index in [0.717, 1.165) is 45.0 Å². The number of aromatic carboxylic acids is 2. The number of allylic oxidation sites excluding steroid dienone is 12. The number of likely N-dealkylation sites (N-methyl/N-ethyl adjacent to an activating group) is 2. The predicted molar refractivity (Wildman–Crippen MR) is 175 cm³/mol. The Morgan fingerprint density at radius 2 is 1.02 bits per heavy atom. The van der Waals surface area contributed by atoms with Crippen molar-refractivity contribution in [1.29, 1.82) is 0 Å². The Hall–Kier alpha value is -4.91. The summed E-state index contributed by atoms with van der Waals surface area (Å²) in [5, 5.41) is 18.8. The van der Waals surface area contributed by atoms with Crippen molar-refractivity contribution in [2.24, 2.45) is 0 Å². The van der Waals surface area contributed by atoms with Crippen molar-refractivity contribution in [2.75, 3.05) is 23.9 Å². The molecule has 2 aliphatic heterocycles. The second-order valence-corrected chi connectivity index (χ2v) is 12.5. The topological polar surface area (TPSA) is 98.2 Å². The van der Waals surface area contributed by atoms with Gasteiger partial charge in [-0.15, -0.1) is 0 Å². The Balaban J connectivity index is 1.27. The smallest absolute Gasteiger partial charge is 0.335 e. The zero-order valence-corrected chi connectivity index (χ0v) is 26.0. The Kier molecular flexibility index (Phi) is 7.85.